The Kier molecular flexibility index (Phi) is 6.91. The van der Waals surface area contributed by atoms with Gasteiger partial charge in [-0.3, -0.25) is 4.79 Å². The van der Waals surface area contributed by atoms with Crippen LogP contribution in [0, 0.1) is 5.92 Å². The second-order valence-electron chi connectivity index (χ2n) is 6.78. The van der Waals surface area contributed by atoms with Gasteiger partial charge in [-0.2, -0.15) is 0 Å². The van der Waals surface area contributed by atoms with Crippen molar-refractivity contribution >= 4 is 5.91 Å². The Balaban J connectivity index is 1.88. The number of likely N-dealkylation sites (tertiary alicyclic amines) is 1. The lowest BCUT2D eigenvalue weighted by molar-refractivity contribution is -0.919. The molecule has 0 aliphatic carbocycles. The topological polar surface area (TPSA) is 52.0 Å². The Labute approximate surface area is 145 Å². The number of rotatable bonds is 7. The smallest absolute Gasteiger partial charge is 0.223 e. The number of carbonyl (C=O) groups excluding carboxylic acids is 1. The highest BCUT2D eigenvalue weighted by atomic mass is 16.5. The van der Waals surface area contributed by atoms with Gasteiger partial charge in [0.05, 0.1) is 26.8 Å². The normalized spacial score (nSPS) is 20.7. The zero-order chi connectivity index (χ0) is 17.5. The van der Waals surface area contributed by atoms with Gasteiger partial charge in [-0.05, 0) is 39.0 Å². The molecule has 0 spiro atoms. The molecule has 0 bridgehead atoms. The number of benzene rings is 1. The third-order valence-corrected chi connectivity index (χ3v) is 4.48. The van der Waals surface area contributed by atoms with Gasteiger partial charge in [0, 0.05) is 30.4 Å². The number of quaternary nitrogens is 1. The maximum atomic E-state index is 12.1. The van der Waals surface area contributed by atoms with Crippen LogP contribution in [0.15, 0.2) is 18.2 Å². The quantitative estimate of drug-likeness (QED) is 0.792. The molecule has 0 atom stereocenters. The highest BCUT2D eigenvalue weighted by molar-refractivity contribution is 5.78. The van der Waals surface area contributed by atoms with Crippen molar-refractivity contribution in [3.05, 3.63) is 23.8 Å². The van der Waals surface area contributed by atoms with Gasteiger partial charge in [0.1, 0.15) is 6.54 Å². The first kappa shape index (κ1) is 18.6. The van der Waals surface area contributed by atoms with Crippen molar-refractivity contribution in [1.82, 2.24) is 5.32 Å². The minimum atomic E-state index is 0.172. The number of carbonyl (C=O) groups is 1. The van der Waals surface area contributed by atoms with E-state index in [1.165, 1.54) is 10.5 Å². The van der Waals surface area contributed by atoms with E-state index in [9.17, 15) is 4.79 Å². The van der Waals surface area contributed by atoms with Crippen LogP contribution in [0.3, 0.4) is 0 Å². The van der Waals surface area contributed by atoms with Crippen molar-refractivity contribution in [2.45, 2.75) is 46.2 Å². The first-order valence-electron chi connectivity index (χ1n) is 8.97. The van der Waals surface area contributed by atoms with Gasteiger partial charge in [-0.25, -0.2) is 0 Å². The fourth-order valence-corrected chi connectivity index (χ4v) is 3.25. The van der Waals surface area contributed by atoms with Crippen LogP contribution in [-0.4, -0.2) is 38.8 Å². The van der Waals surface area contributed by atoms with Crippen LogP contribution in [-0.2, 0) is 11.3 Å². The lowest BCUT2D eigenvalue weighted by atomic mass is 9.95. The monoisotopic (exact) mass is 335 g/mol. The lowest BCUT2D eigenvalue weighted by Gasteiger charge is -2.29. The number of piperidine rings is 1. The molecule has 1 saturated heterocycles. The van der Waals surface area contributed by atoms with Gasteiger partial charge < -0.3 is 19.7 Å². The summed E-state index contributed by atoms with van der Waals surface area (Å²) in [7, 11) is 1.67. The van der Waals surface area contributed by atoms with Gasteiger partial charge in [0.2, 0.25) is 5.91 Å². The van der Waals surface area contributed by atoms with Gasteiger partial charge in [0.15, 0.2) is 11.5 Å². The standard InChI is InChI=1S/C19H30N2O3/c1-5-24-17-7-6-15(12-18(17)23-4)13-21-10-8-16(9-11-21)19(22)20-14(2)3/h6-7,12,14,16H,5,8-11,13H2,1-4H3,(H,20,22)/p+1. The van der Waals surface area contributed by atoms with Gasteiger partial charge in [-0.15, -0.1) is 0 Å². The fourth-order valence-electron chi connectivity index (χ4n) is 3.25. The number of amides is 1. The molecule has 0 saturated carbocycles. The van der Waals surface area contributed by atoms with E-state index in [0.717, 1.165) is 44.0 Å². The number of methoxy groups -OCH3 is 1. The van der Waals surface area contributed by atoms with Gasteiger partial charge >= 0.3 is 0 Å². The zero-order valence-corrected chi connectivity index (χ0v) is 15.4. The third kappa shape index (κ3) is 5.13. The average Bonchev–Trinajstić information content (AvgIpc) is 2.56. The molecule has 2 N–H and O–H groups in total. The molecule has 1 aliphatic rings. The molecular weight excluding hydrogens is 304 g/mol. The predicted molar refractivity (Wildman–Crippen MR) is 94.6 cm³/mol. The second-order valence-corrected chi connectivity index (χ2v) is 6.78. The molecule has 1 aromatic carbocycles. The van der Waals surface area contributed by atoms with E-state index in [1.54, 1.807) is 7.11 Å². The van der Waals surface area contributed by atoms with E-state index in [2.05, 4.69) is 17.4 Å². The molecule has 5 heteroatoms. The molecule has 0 radical (unpaired) electrons. The fraction of sp³-hybridized carbons (Fsp3) is 0.632. The Morgan fingerprint density at radius 1 is 1.29 bits per heavy atom. The molecule has 1 fully saturated rings. The minimum absolute atomic E-state index is 0.172. The summed E-state index contributed by atoms with van der Waals surface area (Å²) in [5.41, 5.74) is 1.25. The van der Waals surface area contributed by atoms with E-state index in [4.69, 9.17) is 9.47 Å². The maximum absolute atomic E-state index is 12.1. The van der Waals surface area contributed by atoms with Crippen LogP contribution in [0.5, 0.6) is 11.5 Å². The maximum Gasteiger partial charge on any atom is 0.223 e. The molecular formula is C19H31N2O3+. The van der Waals surface area contributed by atoms with Crippen LogP contribution in [0.4, 0.5) is 0 Å². The summed E-state index contributed by atoms with van der Waals surface area (Å²) in [4.78, 5) is 13.6. The molecule has 1 aliphatic heterocycles. The van der Waals surface area contributed by atoms with E-state index >= 15 is 0 Å². The van der Waals surface area contributed by atoms with Crippen LogP contribution in [0.1, 0.15) is 39.2 Å². The molecule has 0 unspecified atom stereocenters. The van der Waals surface area contributed by atoms with Crippen LogP contribution < -0.4 is 19.7 Å². The van der Waals surface area contributed by atoms with Crippen LogP contribution in [0.2, 0.25) is 0 Å². The minimum Gasteiger partial charge on any atom is -0.493 e. The van der Waals surface area contributed by atoms with E-state index in [-0.39, 0.29) is 17.9 Å². The molecule has 24 heavy (non-hydrogen) atoms. The summed E-state index contributed by atoms with van der Waals surface area (Å²) in [5.74, 6) is 1.97. The summed E-state index contributed by atoms with van der Waals surface area (Å²) >= 11 is 0. The first-order valence-corrected chi connectivity index (χ1v) is 8.97. The lowest BCUT2D eigenvalue weighted by Crippen LogP contribution is -3.11. The van der Waals surface area contributed by atoms with Crippen LogP contribution >= 0.6 is 0 Å². The van der Waals surface area contributed by atoms with Gasteiger partial charge in [0.25, 0.3) is 0 Å². The Bertz CT molecular complexity index is 537. The first-order chi connectivity index (χ1) is 11.5. The van der Waals surface area contributed by atoms with Crippen molar-refractivity contribution in [3.8, 4) is 11.5 Å². The second kappa shape index (κ2) is 8.92. The summed E-state index contributed by atoms with van der Waals surface area (Å²) in [6, 6.07) is 6.38. The van der Waals surface area contributed by atoms with Crippen molar-refractivity contribution in [2.24, 2.45) is 5.92 Å². The largest absolute Gasteiger partial charge is 0.493 e. The van der Waals surface area contributed by atoms with Crippen LogP contribution in [0.25, 0.3) is 0 Å². The number of ether oxygens (including phenoxy) is 2. The van der Waals surface area contributed by atoms with Gasteiger partial charge in [-0.1, -0.05) is 0 Å². The van der Waals surface area contributed by atoms with Crippen molar-refractivity contribution in [3.63, 3.8) is 0 Å². The third-order valence-electron chi connectivity index (χ3n) is 4.48. The van der Waals surface area contributed by atoms with Crippen molar-refractivity contribution in [2.75, 3.05) is 26.8 Å². The van der Waals surface area contributed by atoms with Crippen molar-refractivity contribution in [1.29, 1.82) is 0 Å². The molecule has 2 rings (SSSR count). The molecule has 1 heterocycles. The summed E-state index contributed by atoms with van der Waals surface area (Å²) in [6.45, 7) is 9.65. The van der Waals surface area contributed by atoms with E-state index in [1.807, 2.05) is 26.8 Å². The van der Waals surface area contributed by atoms with E-state index < -0.39 is 0 Å². The summed E-state index contributed by atoms with van der Waals surface area (Å²) in [6.07, 6.45) is 1.92. The highest BCUT2D eigenvalue weighted by Gasteiger charge is 2.27. The SMILES string of the molecule is CCOc1ccc(C[NH+]2CCC(C(=O)NC(C)C)CC2)cc1OC. The predicted octanol–water partition coefficient (Wildman–Crippen LogP) is 1.41. The number of nitrogens with one attached hydrogen (secondary N) is 2. The number of hydrogen-bond acceptors (Lipinski definition) is 3. The number of hydrogen-bond donors (Lipinski definition) is 2. The summed E-state index contributed by atoms with van der Waals surface area (Å²) < 4.78 is 11.0. The van der Waals surface area contributed by atoms with E-state index in [0.29, 0.717) is 6.61 Å². The zero-order valence-electron chi connectivity index (χ0n) is 15.4. The highest BCUT2D eigenvalue weighted by Crippen LogP contribution is 2.27. The Hall–Kier alpha value is -1.75. The average molecular weight is 335 g/mol. The summed E-state index contributed by atoms with van der Waals surface area (Å²) in [5, 5.41) is 3.03. The molecule has 5 nitrogen and oxygen atoms in total. The van der Waals surface area contributed by atoms with Crippen molar-refractivity contribution < 1.29 is 19.2 Å². The molecule has 0 aromatic heterocycles. The Morgan fingerprint density at radius 2 is 2.00 bits per heavy atom. The molecule has 1 aromatic rings. The molecule has 1 amide bonds. The molecule has 134 valence electrons. The Morgan fingerprint density at radius 3 is 2.58 bits per heavy atom.